The maximum atomic E-state index is 6.38. The van der Waals surface area contributed by atoms with E-state index in [0.29, 0.717) is 10.6 Å². The molecule has 0 atom stereocenters. The van der Waals surface area contributed by atoms with Crippen LogP contribution in [0.25, 0.3) is 32.7 Å². The molecule has 0 amide bonds. The molecule has 3 nitrogen and oxygen atoms in total. The molecule has 1 aliphatic rings. The average molecular weight is 379 g/mol. The summed E-state index contributed by atoms with van der Waals surface area (Å²) < 4.78 is 18.9. The molecule has 5 rings (SSSR count). The second-order valence-electron chi connectivity index (χ2n) is 8.19. The van der Waals surface area contributed by atoms with E-state index in [-0.39, 0.29) is 0 Å². The molecule has 0 N–H and O–H groups in total. The highest BCUT2D eigenvalue weighted by atomic mass is 35.5. The van der Waals surface area contributed by atoms with Crippen LogP contribution < -0.4 is 5.46 Å². The first-order chi connectivity index (χ1) is 12.8. The van der Waals surface area contributed by atoms with Crippen LogP contribution in [0, 0.1) is 0 Å². The fourth-order valence-corrected chi connectivity index (χ4v) is 3.99. The van der Waals surface area contributed by atoms with Gasteiger partial charge in [-0.1, -0.05) is 54.1 Å². The van der Waals surface area contributed by atoms with Gasteiger partial charge in [-0.3, -0.25) is 0 Å². The number of furan rings is 1. The summed E-state index contributed by atoms with van der Waals surface area (Å²) in [6.07, 6.45) is 0. The minimum atomic E-state index is -0.437. The molecule has 136 valence electrons. The Hall–Kier alpha value is -2.01. The Bertz CT molecular complexity index is 1190. The Balaban J connectivity index is 1.84. The van der Waals surface area contributed by atoms with Gasteiger partial charge in [-0.15, -0.1) is 0 Å². The lowest BCUT2D eigenvalue weighted by Crippen LogP contribution is -2.41. The maximum Gasteiger partial charge on any atom is 0.495 e. The van der Waals surface area contributed by atoms with Gasteiger partial charge in [0.1, 0.15) is 5.58 Å². The summed E-state index contributed by atoms with van der Waals surface area (Å²) in [5.41, 5.74) is 1.78. The van der Waals surface area contributed by atoms with Crippen molar-refractivity contribution in [3.05, 3.63) is 53.6 Å². The van der Waals surface area contributed by atoms with Gasteiger partial charge >= 0.3 is 7.12 Å². The largest absolute Gasteiger partial charge is 0.495 e. The third-order valence-electron chi connectivity index (χ3n) is 6.00. The second-order valence-corrected chi connectivity index (χ2v) is 8.60. The van der Waals surface area contributed by atoms with E-state index >= 15 is 0 Å². The second kappa shape index (κ2) is 5.51. The molecular weight excluding hydrogens is 359 g/mol. The number of rotatable bonds is 1. The third kappa shape index (κ3) is 2.37. The van der Waals surface area contributed by atoms with Crippen LogP contribution >= 0.6 is 11.6 Å². The zero-order chi connectivity index (χ0) is 19.0. The molecule has 0 spiro atoms. The van der Waals surface area contributed by atoms with Crippen LogP contribution in [0.5, 0.6) is 0 Å². The summed E-state index contributed by atoms with van der Waals surface area (Å²) in [5, 5.41) is 4.74. The van der Waals surface area contributed by atoms with Gasteiger partial charge in [-0.05, 0) is 44.6 Å². The van der Waals surface area contributed by atoms with Crippen LogP contribution in [0.1, 0.15) is 27.7 Å². The molecule has 3 aromatic carbocycles. The first kappa shape index (κ1) is 17.1. The van der Waals surface area contributed by atoms with E-state index in [9.17, 15) is 0 Å². The molecule has 27 heavy (non-hydrogen) atoms. The summed E-state index contributed by atoms with van der Waals surface area (Å²) in [5.74, 6) is 0. The van der Waals surface area contributed by atoms with Crippen LogP contribution in [-0.2, 0) is 9.31 Å². The van der Waals surface area contributed by atoms with Gasteiger partial charge in [0.05, 0.1) is 16.2 Å². The smallest absolute Gasteiger partial charge is 0.454 e. The molecule has 0 unspecified atom stereocenters. The number of hydrogen-bond donors (Lipinski definition) is 0. The van der Waals surface area contributed by atoms with Gasteiger partial charge in [0.25, 0.3) is 0 Å². The lowest BCUT2D eigenvalue weighted by Gasteiger charge is -2.32. The van der Waals surface area contributed by atoms with E-state index in [1.807, 2.05) is 30.3 Å². The van der Waals surface area contributed by atoms with Crippen LogP contribution in [0.3, 0.4) is 0 Å². The van der Waals surface area contributed by atoms with Gasteiger partial charge in [-0.2, -0.15) is 0 Å². The Labute approximate surface area is 163 Å². The predicted molar refractivity (Wildman–Crippen MR) is 112 cm³/mol. The minimum absolute atomic E-state index is 0.393. The molecule has 0 radical (unpaired) electrons. The molecule has 1 fully saturated rings. The predicted octanol–water partition coefficient (Wildman–Crippen LogP) is 5.69. The van der Waals surface area contributed by atoms with Crippen molar-refractivity contribution in [1.29, 1.82) is 0 Å². The molecule has 5 heteroatoms. The molecule has 0 saturated carbocycles. The summed E-state index contributed by atoms with van der Waals surface area (Å²) in [6.45, 7) is 8.28. The zero-order valence-corrected chi connectivity index (χ0v) is 16.6. The van der Waals surface area contributed by atoms with E-state index in [1.165, 1.54) is 0 Å². The molecule has 4 aromatic rings. The Morgan fingerprint density at radius 1 is 0.741 bits per heavy atom. The van der Waals surface area contributed by atoms with Crippen LogP contribution in [0.2, 0.25) is 5.02 Å². The van der Waals surface area contributed by atoms with Crippen molar-refractivity contribution in [1.82, 2.24) is 0 Å². The monoisotopic (exact) mass is 378 g/mol. The van der Waals surface area contributed by atoms with Crippen molar-refractivity contribution >= 4 is 56.9 Å². The summed E-state index contributed by atoms with van der Waals surface area (Å²) in [4.78, 5) is 0. The fourth-order valence-electron chi connectivity index (χ4n) is 3.78. The summed E-state index contributed by atoms with van der Waals surface area (Å²) >= 11 is 6.38. The normalized spacial score (nSPS) is 18.8. The Morgan fingerprint density at radius 3 is 2.04 bits per heavy atom. The molecule has 0 bridgehead atoms. The number of halogens is 1. The van der Waals surface area contributed by atoms with Gasteiger partial charge < -0.3 is 13.7 Å². The molecule has 2 heterocycles. The van der Waals surface area contributed by atoms with E-state index in [4.69, 9.17) is 25.3 Å². The van der Waals surface area contributed by atoms with E-state index < -0.39 is 18.3 Å². The molecular formula is C22H20BClO3. The first-order valence-electron chi connectivity index (χ1n) is 9.16. The van der Waals surface area contributed by atoms with Crippen molar-refractivity contribution < 1.29 is 13.7 Å². The van der Waals surface area contributed by atoms with Crippen molar-refractivity contribution in [3.8, 4) is 0 Å². The van der Waals surface area contributed by atoms with Crippen LogP contribution in [0.15, 0.2) is 52.9 Å². The molecule has 0 aliphatic carbocycles. The zero-order valence-electron chi connectivity index (χ0n) is 15.8. The summed E-state index contributed by atoms with van der Waals surface area (Å²) in [6, 6.07) is 16.2. The minimum Gasteiger partial charge on any atom is -0.454 e. The van der Waals surface area contributed by atoms with Crippen LogP contribution in [0.4, 0.5) is 0 Å². The first-order valence-corrected chi connectivity index (χ1v) is 9.54. The molecule has 1 aliphatic heterocycles. The average Bonchev–Trinajstić information content (AvgIpc) is 3.10. The molecule has 1 aromatic heterocycles. The van der Waals surface area contributed by atoms with Crippen molar-refractivity contribution in [2.45, 2.75) is 38.9 Å². The molecule has 1 saturated heterocycles. The number of hydrogen-bond acceptors (Lipinski definition) is 3. The van der Waals surface area contributed by atoms with E-state index in [0.717, 1.165) is 32.6 Å². The number of benzene rings is 3. The van der Waals surface area contributed by atoms with E-state index in [1.54, 1.807) is 0 Å². The van der Waals surface area contributed by atoms with Crippen LogP contribution in [-0.4, -0.2) is 18.3 Å². The lowest BCUT2D eigenvalue weighted by atomic mass is 9.75. The van der Waals surface area contributed by atoms with Crippen molar-refractivity contribution in [2.75, 3.05) is 0 Å². The number of para-hydroxylation sites is 1. The Morgan fingerprint density at radius 2 is 1.33 bits per heavy atom. The van der Waals surface area contributed by atoms with E-state index in [2.05, 4.69) is 45.9 Å². The Kier molecular flexibility index (Phi) is 3.49. The highest BCUT2D eigenvalue weighted by molar-refractivity contribution is 6.66. The third-order valence-corrected chi connectivity index (χ3v) is 6.29. The van der Waals surface area contributed by atoms with Crippen molar-refractivity contribution in [3.63, 3.8) is 0 Å². The van der Waals surface area contributed by atoms with Gasteiger partial charge in [0.2, 0.25) is 0 Å². The highest BCUT2D eigenvalue weighted by Gasteiger charge is 2.52. The topological polar surface area (TPSA) is 31.6 Å². The fraction of sp³-hybridized carbons (Fsp3) is 0.273. The quantitative estimate of drug-likeness (QED) is 0.399. The lowest BCUT2D eigenvalue weighted by molar-refractivity contribution is 0.00578. The van der Waals surface area contributed by atoms with Crippen molar-refractivity contribution in [2.24, 2.45) is 0 Å². The van der Waals surface area contributed by atoms with Gasteiger partial charge in [0, 0.05) is 16.2 Å². The standard InChI is InChI=1S/C22H20BClO3/c1-21(2)22(3,4)27-23(26-21)17-12-16-15-10-7-11-18(24)20(15)25-19(16)14-9-6-5-8-13(14)17/h5-12H,1-4H3. The van der Waals surface area contributed by atoms with Gasteiger partial charge in [-0.25, -0.2) is 0 Å². The SMILES string of the molecule is CC1(C)OB(c2cc3c4cccc(Cl)c4oc3c3ccccc23)OC1(C)C. The summed E-state index contributed by atoms with van der Waals surface area (Å²) in [7, 11) is -0.437. The van der Waals surface area contributed by atoms with Gasteiger partial charge in [0.15, 0.2) is 5.58 Å². The maximum absolute atomic E-state index is 6.38. The highest BCUT2D eigenvalue weighted by Crippen LogP contribution is 2.40. The number of fused-ring (bicyclic) bond motifs is 5.